The summed E-state index contributed by atoms with van der Waals surface area (Å²) >= 11 is 0. The number of rotatable bonds is 10. The van der Waals surface area contributed by atoms with Crippen LogP contribution in [0.15, 0.2) is 30.3 Å². The number of benzene rings is 1. The lowest BCUT2D eigenvalue weighted by molar-refractivity contribution is -0.142. The van der Waals surface area contributed by atoms with Gasteiger partial charge < -0.3 is 25.6 Å². The molecule has 0 bridgehead atoms. The van der Waals surface area contributed by atoms with Gasteiger partial charge in [-0.3, -0.25) is 19.3 Å². The first-order chi connectivity index (χ1) is 18.5. The molecule has 3 N–H and O–H groups in total. The zero-order chi connectivity index (χ0) is 30.3. The number of carbonyl (C=O) groups excluding carboxylic acids is 4. The Bertz CT molecular complexity index is 1020. The van der Waals surface area contributed by atoms with Crippen LogP contribution in [0.25, 0.3) is 0 Å². The van der Waals surface area contributed by atoms with E-state index in [9.17, 15) is 19.2 Å². The number of amides is 4. The van der Waals surface area contributed by atoms with Gasteiger partial charge in [-0.2, -0.15) is 0 Å². The normalized spacial score (nSPS) is 17.1. The number of hydrogen-bond donors (Lipinski definition) is 2. The topological polar surface area (TPSA) is 125 Å². The van der Waals surface area contributed by atoms with Gasteiger partial charge >= 0.3 is 6.09 Å². The van der Waals surface area contributed by atoms with E-state index in [4.69, 9.17) is 10.5 Å². The Morgan fingerprint density at radius 1 is 1.10 bits per heavy atom. The Kier molecular flexibility index (Phi) is 11.5. The fourth-order valence-corrected chi connectivity index (χ4v) is 4.67. The number of likely N-dealkylation sites (N-methyl/N-ethyl adjacent to an activating group) is 1. The van der Waals surface area contributed by atoms with Crippen LogP contribution in [0.4, 0.5) is 4.79 Å². The third kappa shape index (κ3) is 9.50. The van der Waals surface area contributed by atoms with E-state index in [2.05, 4.69) is 5.32 Å². The summed E-state index contributed by atoms with van der Waals surface area (Å²) < 4.78 is 5.39. The summed E-state index contributed by atoms with van der Waals surface area (Å²) in [6, 6.07) is 8.08. The molecule has 1 aliphatic rings. The van der Waals surface area contributed by atoms with Crippen LogP contribution >= 0.6 is 0 Å². The van der Waals surface area contributed by atoms with Gasteiger partial charge in [0.2, 0.25) is 17.7 Å². The molecule has 0 saturated carbocycles. The van der Waals surface area contributed by atoms with Crippen molar-refractivity contribution in [3.63, 3.8) is 0 Å². The Morgan fingerprint density at radius 3 is 2.27 bits per heavy atom. The zero-order valence-corrected chi connectivity index (χ0v) is 25.5. The van der Waals surface area contributed by atoms with Gasteiger partial charge in [0.1, 0.15) is 17.7 Å². The standard InChI is InChI=1S/C30H49N5O5/c1-21(33(8)28(39)40-30(5,6)7)26(37)32-25(29(2,3)4)27(38)35-17-12-15-23(35)20-34(24(36)19-31)18-16-22-13-10-9-11-14-22/h9-11,13-14,21,23,25H,12,15-20,31H2,1-8H3,(H,32,37)/t21-,23-,25+/m0/s1. The first-order valence-electron chi connectivity index (χ1n) is 14.1. The van der Waals surface area contributed by atoms with E-state index in [1.807, 2.05) is 51.1 Å². The molecule has 0 radical (unpaired) electrons. The van der Waals surface area contributed by atoms with E-state index >= 15 is 0 Å². The number of nitrogens with two attached hydrogens (primary N) is 1. The van der Waals surface area contributed by atoms with Crippen LogP contribution in [-0.2, 0) is 25.5 Å². The molecular formula is C30H49N5O5. The molecule has 0 aliphatic carbocycles. The van der Waals surface area contributed by atoms with Crippen LogP contribution in [0.3, 0.4) is 0 Å². The molecule has 10 heteroatoms. The monoisotopic (exact) mass is 559 g/mol. The predicted molar refractivity (Wildman–Crippen MR) is 155 cm³/mol. The van der Waals surface area contributed by atoms with Gasteiger partial charge in [-0.25, -0.2) is 4.79 Å². The van der Waals surface area contributed by atoms with E-state index in [0.29, 0.717) is 26.1 Å². The molecule has 0 aromatic heterocycles. The Balaban J connectivity index is 2.15. The Labute approximate surface area is 239 Å². The van der Waals surface area contributed by atoms with Crippen molar-refractivity contribution in [1.29, 1.82) is 0 Å². The smallest absolute Gasteiger partial charge is 0.410 e. The lowest BCUT2D eigenvalue weighted by Crippen LogP contribution is -2.59. The van der Waals surface area contributed by atoms with Crippen molar-refractivity contribution in [3.05, 3.63) is 35.9 Å². The number of ether oxygens (including phenoxy) is 1. The Hall–Kier alpha value is -3.14. The van der Waals surface area contributed by atoms with Gasteiger partial charge in [0, 0.05) is 32.7 Å². The first kappa shape index (κ1) is 33.1. The number of nitrogens with zero attached hydrogens (tertiary/aromatic N) is 3. The first-order valence-corrected chi connectivity index (χ1v) is 14.1. The van der Waals surface area contributed by atoms with Crippen molar-refractivity contribution in [2.24, 2.45) is 11.1 Å². The van der Waals surface area contributed by atoms with Crippen molar-refractivity contribution >= 4 is 23.8 Å². The maximum Gasteiger partial charge on any atom is 0.410 e. The van der Waals surface area contributed by atoms with Crippen LogP contribution in [-0.4, -0.2) is 95.5 Å². The van der Waals surface area contributed by atoms with Crippen LogP contribution in [0, 0.1) is 5.41 Å². The molecule has 1 aromatic carbocycles. The molecular weight excluding hydrogens is 510 g/mol. The number of hydrogen-bond acceptors (Lipinski definition) is 6. The van der Waals surface area contributed by atoms with Crippen molar-refractivity contribution < 1.29 is 23.9 Å². The second-order valence-corrected chi connectivity index (χ2v) is 12.7. The summed E-state index contributed by atoms with van der Waals surface area (Å²) in [6.45, 7) is 13.9. The van der Waals surface area contributed by atoms with Gasteiger partial charge in [0.25, 0.3) is 0 Å². The quantitative estimate of drug-likeness (QED) is 0.454. The van der Waals surface area contributed by atoms with E-state index in [1.165, 1.54) is 11.9 Å². The largest absolute Gasteiger partial charge is 0.444 e. The van der Waals surface area contributed by atoms with Gasteiger partial charge in [0.15, 0.2) is 0 Å². The summed E-state index contributed by atoms with van der Waals surface area (Å²) in [6.07, 6.45) is 1.64. The third-order valence-electron chi connectivity index (χ3n) is 7.17. The van der Waals surface area contributed by atoms with Crippen molar-refractivity contribution in [2.45, 2.75) is 91.5 Å². The van der Waals surface area contributed by atoms with Crippen molar-refractivity contribution in [1.82, 2.24) is 20.0 Å². The van der Waals surface area contributed by atoms with Crippen molar-refractivity contribution in [3.8, 4) is 0 Å². The molecule has 1 heterocycles. The maximum atomic E-state index is 13.9. The second kappa shape index (κ2) is 14.0. The molecule has 1 saturated heterocycles. The minimum Gasteiger partial charge on any atom is -0.444 e. The minimum absolute atomic E-state index is 0.0980. The number of carbonyl (C=O) groups is 4. The van der Waals surface area contributed by atoms with Gasteiger partial charge in [-0.1, -0.05) is 51.1 Å². The van der Waals surface area contributed by atoms with Gasteiger partial charge in [0.05, 0.1) is 6.54 Å². The molecule has 224 valence electrons. The molecule has 40 heavy (non-hydrogen) atoms. The lowest BCUT2D eigenvalue weighted by Gasteiger charge is -2.38. The fraction of sp³-hybridized carbons (Fsp3) is 0.667. The van der Waals surface area contributed by atoms with Crippen LogP contribution in [0.5, 0.6) is 0 Å². The number of nitrogens with one attached hydrogen (secondary N) is 1. The molecule has 3 atom stereocenters. The Morgan fingerprint density at radius 2 is 1.73 bits per heavy atom. The molecule has 2 rings (SSSR count). The highest BCUT2D eigenvalue weighted by Gasteiger charge is 2.41. The average molecular weight is 560 g/mol. The molecule has 4 amide bonds. The molecule has 1 fully saturated rings. The van der Waals surface area contributed by atoms with Crippen LogP contribution in [0.2, 0.25) is 0 Å². The maximum absolute atomic E-state index is 13.9. The van der Waals surface area contributed by atoms with Crippen LogP contribution < -0.4 is 11.1 Å². The van der Waals surface area contributed by atoms with E-state index in [0.717, 1.165) is 18.4 Å². The van der Waals surface area contributed by atoms with Crippen molar-refractivity contribution in [2.75, 3.05) is 33.2 Å². The summed E-state index contributed by atoms with van der Waals surface area (Å²) in [5, 5.41) is 2.91. The lowest BCUT2D eigenvalue weighted by atomic mass is 9.85. The second-order valence-electron chi connectivity index (χ2n) is 12.7. The minimum atomic E-state index is -0.850. The third-order valence-corrected chi connectivity index (χ3v) is 7.17. The van der Waals surface area contributed by atoms with Gasteiger partial charge in [-0.05, 0) is 57.9 Å². The summed E-state index contributed by atoms with van der Waals surface area (Å²) in [5.41, 5.74) is 5.55. The summed E-state index contributed by atoms with van der Waals surface area (Å²) in [5.74, 6) is -0.797. The highest BCUT2D eigenvalue weighted by molar-refractivity contribution is 5.92. The van der Waals surface area contributed by atoms with E-state index in [1.54, 1.807) is 37.5 Å². The molecule has 0 spiro atoms. The zero-order valence-electron chi connectivity index (χ0n) is 25.5. The fourth-order valence-electron chi connectivity index (χ4n) is 4.67. The predicted octanol–water partition coefficient (Wildman–Crippen LogP) is 2.79. The number of likely N-dealkylation sites (tertiary alicyclic amines) is 1. The molecule has 0 unspecified atom stereocenters. The summed E-state index contributed by atoms with van der Waals surface area (Å²) in [4.78, 5) is 57.2. The SMILES string of the molecule is C[C@@H](C(=O)N[C@H](C(=O)N1CCC[C@H]1CN(CCc1ccccc1)C(=O)CN)C(C)(C)C)N(C)C(=O)OC(C)(C)C. The molecule has 10 nitrogen and oxygen atoms in total. The highest BCUT2D eigenvalue weighted by atomic mass is 16.6. The van der Waals surface area contributed by atoms with E-state index < -0.39 is 35.1 Å². The molecule has 1 aliphatic heterocycles. The highest BCUT2D eigenvalue weighted by Crippen LogP contribution is 2.26. The van der Waals surface area contributed by atoms with E-state index in [-0.39, 0.29) is 24.4 Å². The molecule has 1 aromatic rings. The average Bonchev–Trinajstić information content (AvgIpc) is 3.34. The van der Waals surface area contributed by atoms with Gasteiger partial charge in [-0.15, -0.1) is 0 Å². The summed E-state index contributed by atoms with van der Waals surface area (Å²) in [7, 11) is 1.50. The van der Waals surface area contributed by atoms with Crippen LogP contribution in [0.1, 0.15) is 66.9 Å².